The molecular weight excluding hydrogens is 429 g/mol. The van der Waals surface area contributed by atoms with Crippen LogP contribution >= 0.6 is 37.2 Å². The predicted molar refractivity (Wildman–Crippen MR) is 115 cm³/mol. The van der Waals surface area contributed by atoms with Gasteiger partial charge in [0.2, 0.25) is 0 Å². The summed E-state index contributed by atoms with van der Waals surface area (Å²) >= 11 is 0. The highest BCUT2D eigenvalue weighted by Crippen LogP contribution is 2.16. The number of imidazole rings is 1. The molecule has 0 spiro atoms. The van der Waals surface area contributed by atoms with Crippen LogP contribution in [0.15, 0.2) is 18.3 Å². The predicted octanol–water partition coefficient (Wildman–Crippen LogP) is 1.94. The van der Waals surface area contributed by atoms with Gasteiger partial charge in [-0.05, 0) is 19.1 Å². The van der Waals surface area contributed by atoms with Crippen molar-refractivity contribution in [3.05, 3.63) is 24.2 Å². The summed E-state index contributed by atoms with van der Waals surface area (Å²) in [6.45, 7) is 8.13. The highest BCUT2D eigenvalue weighted by molar-refractivity contribution is 5.86. The number of carbonyl (C=O) groups is 1. The number of halogens is 3. The molecule has 8 nitrogen and oxygen atoms in total. The van der Waals surface area contributed by atoms with Crippen LogP contribution in [-0.4, -0.2) is 81.3 Å². The van der Waals surface area contributed by atoms with E-state index in [1.54, 1.807) is 6.20 Å². The van der Waals surface area contributed by atoms with Crippen LogP contribution in [0.4, 0.5) is 0 Å². The van der Waals surface area contributed by atoms with Gasteiger partial charge in [0.05, 0.1) is 19.7 Å². The zero-order valence-electron chi connectivity index (χ0n) is 15.8. The lowest BCUT2D eigenvalue weighted by molar-refractivity contribution is -0.138. The number of ether oxygens (including phenoxy) is 1. The van der Waals surface area contributed by atoms with E-state index < -0.39 is 5.97 Å². The number of carboxylic acid groups (broad SMARTS) is 1. The number of hydrogen-bond donors (Lipinski definition) is 1. The lowest BCUT2D eigenvalue weighted by atomic mass is 10.3. The second-order valence-electron chi connectivity index (χ2n) is 6.17. The van der Waals surface area contributed by atoms with Crippen LogP contribution in [0.2, 0.25) is 0 Å². The molecule has 3 rings (SSSR count). The van der Waals surface area contributed by atoms with E-state index in [1.165, 1.54) is 0 Å². The first-order valence-corrected chi connectivity index (χ1v) is 8.71. The maximum atomic E-state index is 10.8. The van der Waals surface area contributed by atoms with Crippen LogP contribution in [0, 0.1) is 0 Å². The zero-order chi connectivity index (χ0) is 17.6. The van der Waals surface area contributed by atoms with Gasteiger partial charge < -0.3 is 14.4 Å². The van der Waals surface area contributed by atoms with Crippen LogP contribution in [-0.2, 0) is 22.6 Å². The third-order valence-corrected chi connectivity index (χ3v) is 4.43. The summed E-state index contributed by atoms with van der Waals surface area (Å²) in [6, 6.07) is 3.88. The standard InChI is InChI=1S/C17H25N5O3.3ClH/c1-2-25-11-10-22-15(19-14-4-3-5-18-17(14)22)12-20-6-8-21(9-7-20)13-16(23)24;;;/h3-5H,2,6-13H2,1H3,(H,23,24);3*1H. The Hall–Kier alpha value is -1.16. The van der Waals surface area contributed by atoms with E-state index in [9.17, 15) is 4.79 Å². The summed E-state index contributed by atoms with van der Waals surface area (Å²) in [4.78, 5) is 24.3. The van der Waals surface area contributed by atoms with Gasteiger partial charge in [0.25, 0.3) is 0 Å². The number of carboxylic acids is 1. The Morgan fingerprint density at radius 1 is 1.18 bits per heavy atom. The molecule has 3 heterocycles. The van der Waals surface area contributed by atoms with E-state index in [0.29, 0.717) is 13.2 Å². The minimum absolute atomic E-state index is 0. The number of hydrogen-bond acceptors (Lipinski definition) is 6. The maximum absolute atomic E-state index is 10.8. The van der Waals surface area contributed by atoms with Gasteiger partial charge in [-0.15, -0.1) is 37.2 Å². The first-order chi connectivity index (χ1) is 12.2. The van der Waals surface area contributed by atoms with Gasteiger partial charge in [0.1, 0.15) is 11.3 Å². The van der Waals surface area contributed by atoms with Gasteiger partial charge in [-0.2, -0.15) is 0 Å². The number of aromatic nitrogens is 3. The number of piperazine rings is 1. The van der Waals surface area contributed by atoms with Crippen LogP contribution in [0.3, 0.4) is 0 Å². The SMILES string of the molecule is CCOCCn1c(CN2CCN(CC(=O)O)CC2)nc2cccnc21.Cl.Cl.Cl. The van der Waals surface area contributed by atoms with Crippen molar-refractivity contribution in [2.24, 2.45) is 0 Å². The van der Waals surface area contributed by atoms with Gasteiger partial charge in [-0.25, -0.2) is 9.97 Å². The molecule has 0 aromatic carbocycles. The Kier molecular flexibility index (Phi) is 12.6. The molecule has 0 atom stereocenters. The molecule has 1 aliphatic rings. The van der Waals surface area contributed by atoms with Crippen molar-refractivity contribution in [3.63, 3.8) is 0 Å². The molecule has 1 fully saturated rings. The van der Waals surface area contributed by atoms with E-state index in [4.69, 9.17) is 14.8 Å². The van der Waals surface area contributed by atoms with E-state index >= 15 is 0 Å². The fourth-order valence-corrected chi connectivity index (χ4v) is 3.16. The van der Waals surface area contributed by atoms with Crippen LogP contribution in [0.5, 0.6) is 0 Å². The summed E-state index contributed by atoms with van der Waals surface area (Å²) in [5.74, 6) is 0.220. The molecule has 11 heteroatoms. The molecule has 0 aliphatic carbocycles. The fourth-order valence-electron chi connectivity index (χ4n) is 3.16. The summed E-state index contributed by atoms with van der Waals surface area (Å²) in [5, 5.41) is 8.90. The quantitative estimate of drug-likeness (QED) is 0.608. The lowest BCUT2D eigenvalue weighted by Gasteiger charge is -2.33. The van der Waals surface area contributed by atoms with E-state index in [-0.39, 0.29) is 43.8 Å². The molecule has 1 N–H and O–H groups in total. The van der Waals surface area contributed by atoms with E-state index in [0.717, 1.165) is 56.3 Å². The molecule has 1 saturated heterocycles. The number of rotatable bonds is 8. The van der Waals surface area contributed by atoms with E-state index in [1.807, 2.05) is 24.0 Å². The summed E-state index contributed by atoms with van der Waals surface area (Å²) in [5.41, 5.74) is 1.79. The van der Waals surface area contributed by atoms with Crippen LogP contribution in [0.25, 0.3) is 11.2 Å². The molecule has 0 amide bonds. The normalized spacial score (nSPS) is 14.8. The number of pyridine rings is 1. The topological polar surface area (TPSA) is 83.7 Å². The van der Waals surface area contributed by atoms with Gasteiger partial charge in [-0.3, -0.25) is 14.6 Å². The summed E-state index contributed by atoms with van der Waals surface area (Å²) in [7, 11) is 0. The highest BCUT2D eigenvalue weighted by atomic mass is 35.5. The Morgan fingerprint density at radius 3 is 2.50 bits per heavy atom. The molecular formula is C17H28Cl3N5O3. The van der Waals surface area contributed by atoms with Crippen molar-refractivity contribution in [2.45, 2.75) is 20.0 Å². The second-order valence-corrected chi connectivity index (χ2v) is 6.17. The van der Waals surface area contributed by atoms with Gasteiger partial charge >= 0.3 is 5.97 Å². The Bertz CT molecular complexity index is 723. The molecule has 160 valence electrons. The van der Waals surface area contributed by atoms with Crippen LogP contribution < -0.4 is 0 Å². The van der Waals surface area contributed by atoms with Crippen molar-refractivity contribution in [1.82, 2.24) is 24.3 Å². The fraction of sp³-hybridized carbons (Fsp3) is 0.588. The van der Waals surface area contributed by atoms with Crippen molar-refractivity contribution >= 4 is 54.4 Å². The maximum Gasteiger partial charge on any atom is 0.317 e. The molecule has 0 saturated carbocycles. The summed E-state index contributed by atoms with van der Waals surface area (Å²) < 4.78 is 7.63. The average molecular weight is 457 g/mol. The largest absolute Gasteiger partial charge is 0.480 e. The van der Waals surface area contributed by atoms with Crippen molar-refractivity contribution < 1.29 is 14.6 Å². The van der Waals surface area contributed by atoms with Gasteiger partial charge in [0.15, 0.2) is 5.65 Å². The molecule has 28 heavy (non-hydrogen) atoms. The van der Waals surface area contributed by atoms with Crippen molar-refractivity contribution in [3.8, 4) is 0 Å². The Balaban J connectivity index is 0.00000243. The molecule has 1 aliphatic heterocycles. The average Bonchev–Trinajstić information content (AvgIpc) is 2.94. The molecule has 2 aromatic rings. The number of fused-ring (bicyclic) bond motifs is 1. The molecule has 0 unspecified atom stereocenters. The molecule has 2 aromatic heterocycles. The van der Waals surface area contributed by atoms with Gasteiger partial charge in [0, 0.05) is 45.5 Å². The Labute approximate surface area is 183 Å². The molecule has 0 radical (unpaired) electrons. The third kappa shape index (κ3) is 7.02. The lowest BCUT2D eigenvalue weighted by Crippen LogP contribution is -2.47. The second kappa shape index (κ2) is 13.1. The van der Waals surface area contributed by atoms with E-state index in [2.05, 4.69) is 14.5 Å². The smallest absolute Gasteiger partial charge is 0.317 e. The monoisotopic (exact) mass is 455 g/mol. The molecule has 0 bridgehead atoms. The number of nitrogens with zero attached hydrogens (tertiary/aromatic N) is 5. The van der Waals surface area contributed by atoms with Crippen molar-refractivity contribution in [2.75, 3.05) is 45.9 Å². The number of aliphatic carboxylic acids is 1. The van der Waals surface area contributed by atoms with Gasteiger partial charge in [-0.1, -0.05) is 0 Å². The van der Waals surface area contributed by atoms with Crippen LogP contribution in [0.1, 0.15) is 12.7 Å². The van der Waals surface area contributed by atoms with Crippen molar-refractivity contribution in [1.29, 1.82) is 0 Å². The minimum Gasteiger partial charge on any atom is -0.480 e. The third-order valence-electron chi connectivity index (χ3n) is 4.43. The minimum atomic E-state index is -0.766. The highest BCUT2D eigenvalue weighted by Gasteiger charge is 2.21. The summed E-state index contributed by atoms with van der Waals surface area (Å²) in [6.07, 6.45) is 1.79. The first kappa shape index (κ1) is 26.8. The first-order valence-electron chi connectivity index (χ1n) is 8.71. The zero-order valence-corrected chi connectivity index (χ0v) is 18.3. The Morgan fingerprint density at radius 2 is 1.86 bits per heavy atom.